The Morgan fingerprint density at radius 2 is 2.08 bits per heavy atom. The van der Waals surface area contributed by atoms with Gasteiger partial charge in [0.1, 0.15) is 0 Å². The van der Waals surface area contributed by atoms with Crippen LogP contribution in [0.1, 0.15) is 18.5 Å². The first-order chi connectivity index (χ1) is 11.7. The van der Waals surface area contributed by atoms with Gasteiger partial charge in [-0.2, -0.15) is 4.68 Å². The highest BCUT2D eigenvalue weighted by molar-refractivity contribution is 6.01. The predicted octanol–water partition coefficient (Wildman–Crippen LogP) is 1.02. The van der Waals surface area contributed by atoms with E-state index in [1.54, 1.807) is 30.5 Å². The third-order valence-corrected chi connectivity index (χ3v) is 4.16. The molecule has 0 bridgehead atoms. The zero-order valence-electron chi connectivity index (χ0n) is 12.6. The summed E-state index contributed by atoms with van der Waals surface area (Å²) in [5.41, 5.74) is 0.906. The molecule has 0 spiro atoms. The highest BCUT2D eigenvalue weighted by Crippen LogP contribution is 2.48. The Balaban J connectivity index is 1.59. The molecule has 4 rings (SSSR count). The minimum absolute atomic E-state index is 0.0918. The van der Waals surface area contributed by atoms with E-state index in [2.05, 4.69) is 25.8 Å². The van der Waals surface area contributed by atoms with Gasteiger partial charge in [-0.3, -0.25) is 9.78 Å². The first-order valence-electron chi connectivity index (χ1n) is 7.53. The summed E-state index contributed by atoms with van der Waals surface area (Å²) in [6.45, 7) is 0. The Hall–Kier alpha value is -3.29. The van der Waals surface area contributed by atoms with Gasteiger partial charge in [-0.15, -0.1) is 0 Å². The molecule has 120 valence electrons. The predicted molar refractivity (Wildman–Crippen MR) is 85.8 cm³/mol. The summed E-state index contributed by atoms with van der Waals surface area (Å²) in [5.74, 6) is -0.0918. The van der Waals surface area contributed by atoms with E-state index >= 15 is 0 Å². The Kier molecular flexibility index (Phi) is 3.23. The van der Waals surface area contributed by atoms with Crippen LogP contribution in [0, 0.1) is 0 Å². The van der Waals surface area contributed by atoms with E-state index < -0.39 is 11.1 Å². The summed E-state index contributed by atoms with van der Waals surface area (Å²) in [5, 5.41) is 12.3. The van der Waals surface area contributed by atoms with Crippen LogP contribution in [0.4, 0.5) is 5.69 Å². The van der Waals surface area contributed by atoms with Crippen molar-refractivity contribution in [2.75, 3.05) is 5.32 Å². The Morgan fingerprint density at radius 1 is 1.21 bits per heavy atom. The fraction of sp³-hybridized carbons (Fsp3) is 0.188. The third-order valence-electron chi connectivity index (χ3n) is 4.16. The number of rotatable bonds is 4. The Bertz CT molecular complexity index is 942. The van der Waals surface area contributed by atoms with Crippen LogP contribution in [-0.2, 0) is 10.2 Å². The second-order valence-electron chi connectivity index (χ2n) is 5.72. The van der Waals surface area contributed by atoms with Gasteiger partial charge < -0.3 is 5.32 Å². The van der Waals surface area contributed by atoms with Crippen molar-refractivity contribution in [1.29, 1.82) is 0 Å². The molecule has 3 aromatic rings. The standard InChI is InChI=1S/C16H14N6O2/c23-14(16(7-8-16)13-6-1-2-9-17-13)18-11-4-3-5-12(10-11)22-15(24)19-20-21-22/h1-6,9-10H,7-8H2,(H,18,23)(H,19,21,24). The number of hydrogen-bond donors (Lipinski definition) is 2. The molecule has 2 heterocycles. The van der Waals surface area contributed by atoms with Crippen LogP contribution >= 0.6 is 0 Å². The fourth-order valence-corrected chi connectivity index (χ4v) is 2.70. The van der Waals surface area contributed by atoms with E-state index in [0.29, 0.717) is 11.4 Å². The minimum Gasteiger partial charge on any atom is -0.325 e. The number of hydrogen-bond acceptors (Lipinski definition) is 5. The molecule has 0 unspecified atom stereocenters. The summed E-state index contributed by atoms with van der Waals surface area (Å²) >= 11 is 0. The average molecular weight is 322 g/mol. The van der Waals surface area contributed by atoms with Gasteiger partial charge in [0.05, 0.1) is 16.8 Å². The maximum absolute atomic E-state index is 12.7. The molecule has 8 nitrogen and oxygen atoms in total. The van der Waals surface area contributed by atoms with E-state index in [0.717, 1.165) is 23.2 Å². The molecule has 0 aliphatic heterocycles. The van der Waals surface area contributed by atoms with Gasteiger partial charge in [0, 0.05) is 11.9 Å². The normalized spacial score (nSPS) is 15.0. The maximum atomic E-state index is 12.7. The van der Waals surface area contributed by atoms with E-state index in [1.807, 2.05) is 18.2 Å². The zero-order chi connectivity index (χ0) is 16.6. The molecule has 24 heavy (non-hydrogen) atoms. The number of carbonyl (C=O) groups is 1. The molecular weight excluding hydrogens is 308 g/mol. The molecule has 1 aliphatic rings. The summed E-state index contributed by atoms with van der Waals surface area (Å²) in [6.07, 6.45) is 3.25. The highest BCUT2D eigenvalue weighted by atomic mass is 16.2. The second-order valence-corrected chi connectivity index (χ2v) is 5.72. The number of nitrogens with one attached hydrogen (secondary N) is 2. The summed E-state index contributed by atoms with van der Waals surface area (Å²) < 4.78 is 1.13. The van der Waals surface area contributed by atoms with Crippen molar-refractivity contribution >= 4 is 11.6 Å². The van der Waals surface area contributed by atoms with E-state index in [-0.39, 0.29) is 5.91 Å². The summed E-state index contributed by atoms with van der Waals surface area (Å²) in [7, 11) is 0. The van der Waals surface area contributed by atoms with Gasteiger partial charge in [0.15, 0.2) is 0 Å². The first kappa shape index (κ1) is 14.3. The number of pyridine rings is 1. The van der Waals surface area contributed by atoms with E-state index in [9.17, 15) is 9.59 Å². The highest BCUT2D eigenvalue weighted by Gasteiger charge is 2.52. The van der Waals surface area contributed by atoms with Gasteiger partial charge in [-0.1, -0.05) is 12.1 Å². The SMILES string of the molecule is O=C(Nc1cccc(-n2nn[nH]c2=O)c1)C1(c2ccccn2)CC1. The number of H-pyrrole nitrogens is 1. The number of nitrogens with zero attached hydrogens (tertiary/aromatic N) is 4. The third kappa shape index (κ3) is 2.37. The summed E-state index contributed by atoms with van der Waals surface area (Å²) in [4.78, 5) is 28.6. The number of aromatic nitrogens is 5. The largest absolute Gasteiger partial charge is 0.365 e. The molecule has 1 saturated carbocycles. The molecule has 1 amide bonds. The van der Waals surface area contributed by atoms with Crippen LogP contribution in [-0.4, -0.2) is 31.1 Å². The zero-order valence-corrected chi connectivity index (χ0v) is 12.6. The number of amides is 1. The van der Waals surface area contributed by atoms with E-state index in [4.69, 9.17) is 0 Å². The molecule has 0 radical (unpaired) electrons. The topological polar surface area (TPSA) is 106 Å². The fourth-order valence-electron chi connectivity index (χ4n) is 2.70. The van der Waals surface area contributed by atoms with Crippen LogP contribution in [0.15, 0.2) is 53.5 Å². The molecule has 2 N–H and O–H groups in total. The summed E-state index contributed by atoms with van der Waals surface area (Å²) in [6, 6.07) is 12.5. The lowest BCUT2D eigenvalue weighted by Crippen LogP contribution is -2.28. The Labute approximate surface area is 136 Å². The molecule has 1 fully saturated rings. The molecule has 1 aliphatic carbocycles. The van der Waals surface area contributed by atoms with Gasteiger partial charge in [0.25, 0.3) is 0 Å². The number of benzene rings is 1. The first-order valence-corrected chi connectivity index (χ1v) is 7.53. The van der Waals surface area contributed by atoms with Crippen molar-refractivity contribution in [3.8, 4) is 5.69 Å². The number of carbonyl (C=O) groups excluding carboxylic acids is 1. The van der Waals surface area contributed by atoms with Gasteiger partial charge in [0.2, 0.25) is 5.91 Å². The number of tetrazole rings is 1. The molecule has 0 saturated heterocycles. The van der Waals surface area contributed by atoms with Crippen LogP contribution in [0.2, 0.25) is 0 Å². The quantitative estimate of drug-likeness (QED) is 0.746. The molecule has 8 heteroatoms. The van der Waals surface area contributed by atoms with Crippen molar-refractivity contribution in [2.24, 2.45) is 0 Å². The van der Waals surface area contributed by atoms with Gasteiger partial charge in [-0.25, -0.2) is 9.89 Å². The van der Waals surface area contributed by atoms with Crippen LogP contribution in [0.5, 0.6) is 0 Å². The number of aromatic amines is 1. The smallest absolute Gasteiger partial charge is 0.325 e. The lowest BCUT2D eigenvalue weighted by molar-refractivity contribution is -0.118. The monoisotopic (exact) mass is 322 g/mol. The van der Waals surface area contributed by atoms with Crippen molar-refractivity contribution in [3.05, 3.63) is 64.8 Å². The molecular formula is C16H14N6O2. The van der Waals surface area contributed by atoms with Crippen molar-refractivity contribution < 1.29 is 4.79 Å². The number of anilines is 1. The maximum Gasteiger partial charge on any atom is 0.365 e. The second kappa shape index (κ2) is 5.41. The van der Waals surface area contributed by atoms with Gasteiger partial charge in [-0.05, 0) is 53.6 Å². The van der Waals surface area contributed by atoms with Gasteiger partial charge >= 0.3 is 5.69 Å². The van der Waals surface area contributed by atoms with Crippen LogP contribution in [0.25, 0.3) is 5.69 Å². The van der Waals surface area contributed by atoms with Crippen LogP contribution < -0.4 is 11.0 Å². The minimum atomic E-state index is -0.554. The van der Waals surface area contributed by atoms with Crippen molar-refractivity contribution in [3.63, 3.8) is 0 Å². The lowest BCUT2D eigenvalue weighted by atomic mass is 10.0. The lowest BCUT2D eigenvalue weighted by Gasteiger charge is -2.15. The Morgan fingerprint density at radius 3 is 2.75 bits per heavy atom. The molecule has 2 aromatic heterocycles. The van der Waals surface area contributed by atoms with Crippen molar-refractivity contribution in [2.45, 2.75) is 18.3 Å². The van der Waals surface area contributed by atoms with E-state index in [1.165, 1.54) is 0 Å². The molecule has 0 atom stereocenters. The molecule has 1 aromatic carbocycles. The van der Waals surface area contributed by atoms with Crippen molar-refractivity contribution in [1.82, 2.24) is 25.2 Å². The van der Waals surface area contributed by atoms with Crippen LogP contribution in [0.3, 0.4) is 0 Å². The average Bonchev–Trinajstić information content (AvgIpc) is 3.32.